The first kappa shape index (κ1) is 12.2. The van der Waals surface area contributed by atoms with E-state index in [1.807, 2.05) is 0 Å². The van der Waals surface area contributed by atoms with Gasteiger partial charge in [-0.25, -0.2) is 4.79 Å². The molecule has 0 aliphatic rings. The molecule has 13 heavy (non-hydrogen) atoms. The predicted octanol–water partition coefficient (Wildman–Crippen LogP) is 0.264. The highest BCUT2D eigenvalue weighted by molar-refractivity contribution is 7.85. The Kier molecular flexibility index (Phi) is 4.71. The zero-order valence-electron chi connectivity index (χ0n) is 7.30. The largest absolute Gasteiger partial charge is 0.465 e. The summed E-state index contributed by atoms with van der Waals surface area (Å²) in [5.74, 6) is -0.556. The fourth-order valence-corrected chi connectivity index (χ4v) is 1.25. The number of carboxylic acid groups (broad SMARTS) is 1. The average molecular weight is 211 g/mol. The van der Waals surface area contributed by atoms with Crippen molar-refractivity contribution in [2.45, 2.75) is 13.3 Å². The number of amides is 1. The molecule has 0 rings (SSSR count). The molecule has 0 saturated heterocycles. The third-order valence-electron chi connectivity index (χ3n) is 1.38. The van der Waals surface area contributed by atoms with Crippen LogP contribution in [0.3, 0.4) is 0 Å². The molecule has 0 atom stereocenters. The van der Waals surface area contributed by atoms with Gasteiger partial charge < -0.3 is 10.0 Å². The summed E-state index contributed by atoms with van der Waals surface area (Å²) in [5.41, 5.74) is 0. The van der Waals surface area contributed by atoms with Crippen LogP contribution in [0.4, 0.5) is 4.79 Å². The highest BCUT2D eigenvalue weighted by Gasteiger charge is 2.13. The molecule has 0 saturated carbocycles. The molecule has 0 aliphatic carbocycles. The van der Waals surface area contributed by atoms with Gasteiger partial charge in [-0.15, -0.1) is 0 Å². The lowest BCUT2D eigenvalue weighted by atomic mass is 10.4. The maximum atomic E-state index is 10.5. The number of carbonyl (C=O) groups is 1. The number of rotatable bonds is 5. The van der Waals surface area contributed by atoms with Crippen LogP contribution < -0.4 is 0 Å². The van der Waals surface area contributed by atoms with E-state index in [9.17, 15) is 13.2 Å². The maximum Gasteiger partial charge on any atom is 0.407 e. The van der Waals surface area contributed by atoms with Crippen LogP contribution in [0.15, 0.2) is 0 Å². The van der Waals surface area contributed by atoms with E-state index >= 15 is 0 Å². The van der Waals surface area contributed by atoms with Crippen molar-refractivity contribution in [3.63, 3.8) is 0 Å². The Labute approximate surface area is 76.9 Å². The first-order valence-corrected chi connectivity index (χ1v) is 5.40. The van der Waals surface area contributed by atoms with E-state index in [1.54, 1.807) is 6.92 Å². The molecule has 0 bridgehead atoms. The van der Waals surface area contributed by atoms with Crippen molar-refractivity contribution in [3.05, 3.63) is 0 Å². The zero-order valence-corrected chi connectivity index (χ0v) is 8.12. The van der Waals surface area contributed by atoms with Crippen LogP contribution in [0.1, 0.15) is 13.3 Å². The van der Waals surface area contributed by atoms with E-state index in [2.05, 4.69) is 0 Å². The van der Waals surface area contributed by atoms with Gasteiger partial charge in [-0.1, -0.05) is 6.92 Å². The second kappa shape index (κ2) is 5.03. The van der Waals surface area contributed by atoms with Gasteiger partial charge in [0.1, 0.15) is 0 Å². The van der Waals surface area contributed by atoms with Crippen molar-refractivity contribution in [2.75, 3.05) is 18.8 Å². The molecular weight excluding hydrogens is 198 g/mol. The smallest absolute Gasteiger partial charge is 0.407 e. The van der Waals surface area contributed by atoms with Crippen LogP contribution in [0.25, 0.3) is 0 Å². The van der Waals surface area contributed by atoms with Gasteiger partial charge in [0.25, 0.3) is 10.1 Å². The molecule has 0 aromatic rings. The van der Waals surface area contributed by atoms with Gasteiger partial charge in [0, 0.05) is 13.1 Å². The molecule has 0 fully saturated rings. The van der Waals surface area contributed by atoms with E-state index in [-0.39, 0.29) is 13.1 Å². The molecule has 0 aliphatic heterocycles. The third-order valence-corrected chi connectivity index (χ3v) is 2.08. The van der Waals surface area contributed by atoms with E-state index in [4.69, 9.17) is 9.66 Å². The Bertz CT molecular complexity index is 260. The van der Waals surface area contributed by atoms with Crippen molar-refractivity contribution in [3.8, 4) is 0 Å². The van der Waals surface area contributed by atoms with Gasteiger partial charge in [-0.3, -0.25) is 4.55 Å². The molecule has 0 unspecified atom stereocenters. The standard InChI is InChI=1S/C6H13NO5S/c1-2-3-7(6(8)9)4-5-13(10,11)12/h2-5H2,1H3,(H,8,9)(H,10,11,12). The van der Waals surface area contributed by atoms with Crippen LogP contribution in [0.2, 0.25) is 0 Å². The van der Waals surface area contributed by atoms with Gasteiger partial charge >= 0.3 is 6.09 Å². The normalized spacial score (nSPS) is 11.2. The number of hydrogen-bond acceptors (Lipinski definition) is 3. The van der Waals surface area contributed by atoms with Gasteiger partial charge in [-0.2, -0.15) is 8.42 Å². The van der Waals surface area contributed by atoms with Crippen molar-refractivity contribution in [2.24, 2.45) is 0 Å². The fourth-order valence-electron chi connectivity index (χ4n) is 0.799. The van der Waals surface area contributed by atoms with Gasteiger partial charge in [0.15, 0.2) is 0 Å². The topological polar surface area (TPSA) is 94.9 Å². The minimum absolute atomic E-state index is 0.192. The lowest BCUT2D eigenvalue weighted by Gasteiger charge is -2.16. The van der Waals surface area contributed by atoms with E-state index < -0.39 is 22.0 Å². The van der Waals surface area contributed by atoms with Crippen LogP contribution in [-0.4, -0.2) is 47.9 Å². The molecule has 1 amide bonds. The quantitative estimate of drug-likeness (QED) is 0.636. The van der Waals surface area contributed by atoms with E-state index in [0.29, 0.717) is 6.42 Å². The monoisotopic (exact) mass is 211 g/mol. The van der Waals surface area contributed by atoms with Gasteiger partial charge in [-0.05, 0) is 6.42 Å². The van der Waals surface area contributed by atoms with Crippen LogP contribution in [-0.2, 0) is 10.1 Å². The summed E-state index contributed by atoms with van der Waals surface area (Å²) >= 11 is 0. The highest BCUT2D eigenvalue weighted by Crippen LogP contribution is 1.94. The van der Waals surface area contributed by atoms with E-state index in [1.165, 1.54) is 0 Å². The van der Waals surface area contributed by atoms with Crippen molar-refractivity contribution >= 4 is 16.2 Å². The van der Waals surface area contributed by atoms with Gasteiger partial charge in [0.05, 0.1) is 5.75 Å². The minimum Gasteiger partial charge on any atom is -0.465 e. The van der Waals surface area contributed by atoms with Crippen LogP contribution >= 0.6 is 0 Å². The lowest BCUT2D eigenvalue weighted by molar-refractivity contribution is 0.148. The second-order valence-electron chi connectivity index (χ2n) is 2.56. The summed E-state index contributed by atoms with van der Waals surface area (Å²) in [4.78, 5) is 11.4. The first-order valence-electron chi connectivity index (χ1n) is 3.80. The SMILES string of the molecule is CCCN(CCS(=O)(=O)O)C(=O)O. The molecule has 0 aromatic heterocycles. The maximum absolute atomic E-state index is 10.5. The summed E-state index contributed by atoms with van der Waals surface area (Å²) in [6.07, 6.45) is -0.567. The lowest BCUT2D eigenvalue weighted by Crippen LogP contribution is -2.34. The molecule has 0 aromatic carbocycles. The molecule has 0 radical (unpaired) electrons. The molecule has 2 N–H and O–H groups in total. The average Bonchev–Trinajstić information content (AvgIpc) is 1.95. The summed E-state index contributed by atoms with van der Waals surface area (Å²) in [5, 5.41) is 8.55. The molecule has 0 spiro atoms. The fraction of sp³-hybridized carbons (Fsp3) is 0.833. The molecule has 78 valence electrons. The Morgan fingerprint density at radius 2 is 1.92 bits per heavy atom. The second-order valence-corrected chi connectivity index (χ2v) is 4.13. The minimum atomic E-state index is -4.08. The molecule has 7 heteroatoms. The highest BCUT2D eigenvalue weighted by atomic mass is 32.2. The summed E-state index contributed by atoms with van der Waals surface area (Å²) in [6.45, 7) is 1.86. The first-order chi connectivity index (χ1) is 5.87. The summed E-state index contributed by atoms with van der Waals surface area (Å²) in [6, 6.07) is 0. The summed E-state index contributed by atoms with van der Waals surface area (Å²) < 4.78 is 29.0. The number of nitrogens with zero attached hydrogens (tertiary/aromatic N) is 1. The Morgan fingerprint density at radius 3 is 2.23 bits per heavy atom. The van der Waals surface area contributed by atoms with Crippen molar-refractivity contribution in [1.29, 1.82) is 0 Å². The molecular formula is C6H13NO5S. The predicted molar refractivity (Wildman–Crippen MR) is 46.3 cm³/mol. The zero-order chi connectivity index (χ0) is 10.5. The Morgan fingerprint density at radius 1 is 1.38 bits per heavy atom. The van der Waals surface area contributed by atoms with Crippen LogP contribution in [0, 0.1) is 0 Å². The van der Waals surface area contributed by atoms with Crippen LogP contribution in [0.5, 0.6) is 0 Å². The Balaban J connectivity index is 4.05. The molecule has 6 nitrogen and oxygen atoms in total. The molecule has 0 heterocycles. The summed E-state index contributed by atoms with van der Waals surface area (Å²) in [7, 11) is -4.08. The Hall–Kier alpha value is -0.820. The number of hydrogen-bond donors (Lipinski definition) is 2. The van der Waals surface area contributed by atoms with Gasteiger partial charge in [0.2, 0.25) is 0 Å². The van der Waals surface area contributed by atoms with Crippen molar-refractivity contribution in [1.82, 2.24) is 4.90 Å². The van der Waals surface area contributed by atoms with E-state index in [0.717, 1.165) is 4.90 Å². The third kappa shape index (κ3) is 6.35. The van der Waals surface area contributed by atoms with Crippen molar-refractivity contribution < 1.29 is 22.9 Å².